The van der Waals surface area contributed by atoms with Gasteiger partial charge in [-0.3, -0.25) is 4.68 Å². The van der Waals surface area contributed by atoms with E-state index in [4.69, 9.17) is 4.74 Å². The van der Waals surface area contributed by atoms with Gasteiger partial charge in [-0.05, 0) is 13.3 Å². The van der Waals surface area contributed by atoms with E-state index in [9.17, 15) is 0 Å². The molecule has 6 heteroatoms. The molecule has 2 aromatic heterocycles. The Morgan fingerprint density at radius 1 is 1.39 bits per heavy atom. The number of hydrogen-bond donors (Lipinski definition) is 1. The summed E-state index contributed by atoms with van der Waals surface area (Å²) in [5.41, 5.74) is 0. The second-order valence-electron chi connectivity index (χ2n) is 3.79. The maximum Gasteiger partial charge on any atom is 0.225 e. The molecule has 0 radical (unpaired) electrons. The van der Waals surface area contributed by atoms with Crippen LogP contribution >= 0.6 is 0 Å². The first-order valence-electron chi connectivity index (χ1n) is 6.09. The number of aryl methyl sites for hydroxylation is 1. The highest BCUT2D eigenvalue weighted by molar-refractivity contribution is 5.29. The maximum atomic E-state index is 5.62. The van der Waals surface area contributed by atoms with Crippen molar-refractivity contribution in [1.29, 1.82) is 0 Å². The van der Waals surface area contributed by atoms with Crippen LogP contribution in [0.3, 0.4) is 0 Å². The SMILES string of the molecule is CCCn1cc(Oc2ccnc(NCC)n2)cn1. The molecule has 6 nitrogen and oxygen atoms in total. The van der Waals surface area contributed by atoms with Crippen molar-refractivity contribution in [2.45, 2.75) is 26.8 Å². The third-order valence-corrected chi connectivity index (χ3v) is 2.25. The Labute approximate surface area is 106 Å². The van der Waals surface area contributed by atoms with E-state index in [1.165, 1.54) is 0 Å². The average molecular weight is 247 g/mol. The minimum atomic E-state index is 0.511. The van der Waals surface area contributed by atoms with Crippen LogP contribution in [0, 0.1) is 0 Å². The topological polar surface area (TPSA) is 64.9 Å². The van der Waals surface area contributed by atoms with Crippen LogP contribution in [0.2, 0.25) is 0 Å². The van der Waals surface area contributed by atoms with Gasteiger partial charge in [0.15, 0.2) is 5.75 Å². The summed E-state index contributed by atoms with van der Waals surface area (Å²) in [6, 6.07) is 1.72. The molecule has 0 amide bonds. The fourth-order valence-electron chi connectivity index (χ4n) is 1.51. The molecule has 96 valence electrons. The largest absolute Gasteiger partial charge is 0.436 e. The number of ether oxygens (including phenoxy) is 1. The molecule has 2 aromatic rings. The Kier molecular flexibility index (Phi) is 4.11. The zero-order valence-electron chi connectivity index (χ0n) is 10.6. The van der Waals surface area contributed by atoms with Crippen molar-refractivity contribution in [2.75, 3.05) is 11.9 Å². The van der Waals surface area contributed by atoms with Crippen molar-refractivity contribution < 1.29 is 4.74 Å². The number of nitrogens with one attached hydrogen (secondary N) is 1. The van der Waals surface area contributed by atoms with E-state index in [2.05, 4.69) is 27.3 Å². The van der Waals surface area contributed by atoms with E-state index < -0.39 is 0 Å². The number of aromatic nitrogens is 4. The van der Waals surface area contributed by atoms with Crippen LogP contribution in [0.4, 0.5) is 5.95 Å². The number of rotatable bonds is 6. The van der Waals surface area contributed by atoms with Gasteiger partial charge in [-0.2, -0.15) is 10.1 Å². The van der Waals surface area contributed by atoms with E-state index in [1.807, 2.05) is 17.8 Å². The van der Waals surface area contributed by atoms with Crippen LogP contribution in [-0.4, -0.2) is 26.3 Å². The molecule has 2 heterocycles. The molecule has 18 heavy (non-hydrogen) atoms. The smallest absolute Gasteiger partial charge is 0.225 e. The minimum Gasteiger partial charge on any atom is -0.436 e. The molecule has 0 unspecified atom stereocenters. The van der Waals surface area contributed by atoms with Crippen LogP contribution in [0.1, 0.15) is 20.3 Å². The summed E-state index contributed by atoms with van der Waals surface area (Å²) in [5.74, 6) is 1.76. The predicted molar refractivity (Wildman–Crippen MR) is 68.8 cm³/mol. The number of hydrogen-bond acceptors (Lipinski definition) is 5. The second kappa shape index (κ2) is 6.00. The summed E-state index contributed by atoms with van der Waals surface area (Å²) < 4.78 is 7.47. The van der Waals surface area contributed by atoms with Gasteiger partial charge in [-0.25, -0.2) is 4.98 Å². The lowest BCUT2D eigenvalue weighted by atomic mass is 10.5. The molecule has 1 N–H and O–H groups in total. The third kappa shape index (κ3) is 3.19. The van der Waals surface area contributed by atoms with E-state index in [0.717, 1.165) is 19.5 Å². The Hall–Kier alpha value is -2.11. The van der Waals surface area contributed by atoms with Crippen LogP contribution < -0.4 is 10.1 Å². The summed E-state index contributed by atoms with van der Waals surface area (Å²) in [5, 5.41) is 7.23. The maximum absolute atomic E-state index is 5.62. The first kappa shape index (κ1) is 12.3. The van der Waals surface area contributed by atoms with Gasteiger partial charge in [0.2, 0.25) is 11.8 Å². The fourth-order valence-corrected chi connectivity index (χ4v) is 1.51. The Balaban J connectivity index is 2.05. The summed E-state index contributed by atoms with van der Waals surface area (Å²) in [6.45, 7) is 5.76. The Morgan fingerprint density at radius 3 is 3.06 bits per heavy atom. The van der Waals surface area contributed by atoms with Gasteiger partial charge in [-0.1, -0.05) is 6.92 Å². The van der Waals surface area contributed by atoms with Crippen molar-refractivity contribution in [1.82, 2.24) is 19.7 Å². The molecule has 0 aliphatic carbocycles. The van der Waals surface area contributed by atoms with Crippen molar-refractivity contribution in [3.63, 3.8) is 0 Å². The number of nitrogens with zero attached hydrogens (tertiary/aromatic N) is 4. The lowest BCUT2D eigenvalue weighted by Crippen LogP contribution is -2.02. The highest BCUT2D eigenvalue weighted by Gasteiger charge is 2.03. The molecule has 0 atom stereocenters. The first-order valence-corrected chi connectivity index (χ1v) is 6.09. The zero-order chi connectivity index (χ0) is 12.8. The molecular formula is C12H17N5O. The van der Waals surface area contributed by atoms with Crippen LogP contribution in [0.25, 0.3) is 0 Å². The summed E-state index contributed by atoms with van der Waals surface area (Å²) in [4.78, 5) is 8.31. The van der Waals surface area contributed by atoms with Crippen LogP contribution in [0.15, 0.2) is 24.7 Å². The molecule has 2 rings (SSSR count). The molecule has 0 aliphatic heterocycles. The molecule has 0 aliphatic rings. The quantitative estimate of drug-likeness (QED) is 0.848. The van der Waals surface area contributed by atoms with Crippen molar-refractivity contribution in [2.24, 2.45) is 0 Å². The van der Waals surface area contributed by atoms with Crippen molar-refractivity contribution >= 4 is 5.95 Å². The minimum absolute atomic E-state index is 0.511. The van der Waals surface area contributed by atoms with E-state index in [1.54, 1.807) is 18.5 Å². The molecular weight excluding hydrogens is 230 g/mol. The summed E-state index contributed by atoms with van der Waals surface area (Å²) >= 11 is 0. The molecule has 0 spiro atoms. The zero-order valence-corrected chi connectivity index (χ0v) is 10.6. The number of anilines is 1. The van der Waals surface area contributed by atoms with Gasteiger partial charge in [0.25, 0.3) is 0 Å². The van der Waals surface area contributed by atoms with E-state index in [0.29, 0.717) is 17.6 Å². The second-order valence-corrected chi connectivity index (χ2v) is 3.79. The Bertz CT molecular complexity index is 497. The van der Waals surface area contributed by atoms with E-state index >= 15 is 0 Å². The van der Waals surface area contributed by atoms with Gasteiger partial charge in [-0.15, -0.1) is 0 Å². The van der Waals surface area contributed by atoms with Crippen molar-refractivity contribution in [3.8, 4) is 11.6 Å². The fraction of sp³-hybridized carbons (Fsp3) is 0.417. The standard InChI is InChI=1S/C12H17N5O/c1-3-7-17-9-10(8-15-17)18-11-5-6-14-12(16-11)13-4-2/h5-6,8-9H,3-4,7H2,1-2H3,(H,13,14,16). The lowest BCUT2D eigenvalue weighted by molar-refractivity contribution is 0.460. The molecule has 0 aromatic carbocycles. The Morgan fingerprint density at radius 2 is 2.28 bits per heavy atom. The monoisotopic (exact) mass is 247 g/mol. The summed E-state index contributed by atoms with van der Waals surface area (Å²) in [7, 11) is 0. The molecule has 0 saturated heterocycles. The summed E-state index contributed by atoms with van der Waals surface area (Å²) in [6.07, 6.45) is 6.25. The normalized spacial score (nSPS) is 10.3. The first-order chi connectivity index (χ1) is 8.81. The van der Waals surface area contributed by atoms with Crippen LogP contribution in [0.5, 0.6) is 11.6 Å². The molecule has 0 saturated carbocycles. The predicted octanol–water partition coefficient (Wildman–Crippen LogP) is 2.31. The third-order valence-electron chi connectivity index (χ3n) is 2.25. The highest BCUT2D eigenvalue weighted by atomic mass is 16.5. The van der Waals surface area contributed by atoms with Gasteiger partial charge in [0.05, 0.1) is 12.4 Å². The average Bonchev–Trinajstić information content (AvgIpc) is 2.78. The van der Waals surface area contributed by atoms with Gasteiger partial charge >= 0.3 is 0 Å². The molecule has 0 fully saturated rings. The lowest BCUT2D eigenvalue weighted by Gasteiger charge is -2.04. The van der Waals surface area contributed by atoms with Crippen molar-refractivity contribution in [3.05, 3.63) is 24.7 Å². The van der Waals surface area contributed by atoms with Crippen LogP contribution in [-0.2, 0) is 6.54 Å². The van der Waals surface area contributed by atoms with Gasteiger partial charge in [0.1, 0.15) is 0 Å². The van der Waals surface area contributed by atoms with Gasteiger partial charge in [0, 0.05) is 25.4 Å². The van der Waals surface area contributed by atoms with E-state index in [-0.39, 0.29) is 0 Å². The molecule has 0 bridgehead atoms. The highest BCUT2D eigenvalue weighted by Crippen LogP contribution is 2.18. The van der Waals surface area contributed by atoms with Gasteiger partial charge < -0.3 is 10.1 Å².